The molecule has 0 amide bonds. The standard InChI is InChI=1S/C26H25BrO6/c1-30-21-9-17(10-22(14-21)31-2)6-5-16-7-18(11-20(27)8-16)25(28)26(29)19-12-23(32-3)15-24(13-19)33-4/h7-15H,5-6H2,1-4H3. The predicted molar refractivity (Wildman–Crippen MR) is 129 cm³/mol. The zero-order valence-corrected chi connectivity index (χ0v) is 20.5. The molecule has 0 atom stereocenters. The Morgan fingerprint density at radius 2 is 0.970 bits per heavy atom. The van der Waals surface area contributed by atoms with E-state index in [1.807, 2.05) is 24.3 Å². The maximum atomic E-state index is 13.0. The molecule has 3 aromatic carbocycles. The molecule has 0 fully saturated rings. The Morgan fingerprint density at radius 1 is 0.576 bits per heavy atom. The van der Waals surface area contributed by atoms with Crippen molar-refractivity contribution in [3.8, 4) is 23.0 Å². The maximum absolute atomic E-state index is 13.0. The average Bonchev–Trinajstić information content (AvgIpc) is 2.85. The molecule has 3 aromatic rings. The second-order valence-corrected chi connectivity index (χ2v) is 8.24. The second-order valence-electron chi connectivity index (χ2n) is 7.33. The van der Waals surface area contributed by atoms with Crippen LogP contribution in [0.5, 0.6) is 23.0 Å². The van der Waals surface area contributed by atoms with Crippen LogP contribution in [0.25, 0.3) is 0 Å². The first-order valence-electron chi connectivity index (χ1n) is 10.2. The van der Waals surface area contributed by atoms with E-state index in [0.29, 0.717) is 41.4 Å². The molecular formula is C26H25BrO6. The maximum Gasteiger partial charge on any atom is 0.233 e. The molecular weight excluding hydrogens is 488 g/mol. The minimum absolute atomic E-state index is 0.209. The minimum atomic E-state index is -0.631. The van der Waals surface area contributed by atoms with Gasteiger partial charge in [0.1, 0.15) is 23.0 Å². The van der Waals surface area contributed by atoms with Crippen molar-refractivity contribution in [1.82, 2.24) is 0 Å². The van der Waals surface area contributed by atoms with Gasteiger partial charge in [0.15, 0.2) is 0 Å². The van der Waals surface area contributed by atoms with E-state index in [1.54, 1.807) is 32.4 Å². The van der Waals surface area contributed by atoms with Crippen LogP contribution in [0.1, 0.15) is 31.8 Å². The third-order valence-corrected chi connectivity index (χ3v) is 5.61. The van der Waals surface area contributed by atoms with Crippen LogP contribution in [0.15, 0.2) is 59.1 Å². The molecule has 3 rings (SSSR count). The first kappa shape index (κ1) is 24.3. The summed E-state index contributed by atoms with van der Waals surface area (Å²) < 4.78 is 21.8. The normalized spacial score (nSPS) is 10.5. The molecule has 0 unspecified atom stereocenters. The van der Waals surface area contributed by atoms with Crippen molar-refractivity contribution < 1.29 is 28.5 Å². The van der Waals surface area contributed by atoms with Crippen LogP contribution in [-0.4, -0.2) is 40.0 Å². The van der Waals surface area contributed by atoms with Crippen molar-refractivity contribution >= 4 is 27.5 Å². The highest BCUT2D eigenvalue weighted by molar-refractivity contribution is 9.10. The van der Waals surface area contributed by atoms with Crippen LogP contribution in [-0.2, 0) is 12.8 Å². The third kappa shape index (κ3) is 6.14. The second kappa shape index (κ2) is 11.0. The number of ether oxygens (including phenoxy) is 4. The van der Waals surface area contributed by atoms with Gasteiger partial charge in [-0.1, -0.05) is 15.9 Å². The summed E-state index contributed by atoms with van der Waals surface area (Å²) in [5, 5.41) is 0. The number of hydrogen-bond acceptors (Lipinski definition) is 6. The van der Waals surface area contributed by atoms with Gasteiger partial charge in [-0.3, -0.25) is 9.59 Å². The molecule has 0 spiro atoms. The highest BCUT2D eigenvalue weighted by Crippen LogP contribution is 2.26. The molecule has 7 heteroatoms. The van der Waals surface area contributed by atoms with E-state index in [9.17, 15) is 9.59 Å². The van der Waals surface area contributed by atoms with E-state index < -0.39 is 11.6 Å². The van der Waals surface area contributed by atoms with Crippen LogP contribution in [0.2, 0.25) is 0 Å². The first-order valence-corrected chi connectivity index (χ1v) is 11.0. The molecule has 0 heterocycles. The molecule has 33 heavy (non-hydrogen) atoms. The van der Waals surface area contributed by atoms with E-state index in [0.717, 1.165) is 15.6 Å². The summed E-state index contributed by atoms with van der Waals surface area (Å²) >= 11 is 3.46. The SMILES string of the molecule is COc1cc(CCc2cc(Br)cc(C(=O)C(=O)c3cc(OC)cc(OC)c3)c2)cc(OC)c1. The van der Waals surface area contributed by atoms with E-state index in [4.69, 9.17) is 18.9 Å². The van der Waals surface area contributed by atoms with Crippen molar-refractivity contribution in [2.24, 2.45) is 0 Å². The molecule has 0 aromatic heterocycles. The number of rotatable bonds is 10. The van der Waals surface area contributed by atoms with Crippen LogP contribution in [0.3, 0.4) is 0 Å². The summed E-state index contributed by atoms with van der Waals surface area (Å²) in [6, 6.07) is 15.8. The van der Waals surface area contributed by atoms with Crippen LogP contribution < -0.4 is 18.9 Å². The summed E-state index contributed by atoms with van der Waals surface area (Å²) in [7, 11) is 6.20. The van der Waals surface area contributed by atoms with E-state index in [-0.39, 0.29) is 5.56 Å². The molecule has 0 bridgehead atoms. The van der Waals surface area contributed by atoms with Gasteiger partial charge in [0.05, 0.1) is 28.4 Å². The third-order valence-electron chi connectivity index (χ3n) is 5.15. The van der Waals surface area contributed by atoms with Gasteiger partial charge in [-0.2, -0.15) is 0 Å². The highest BCUT2D eigenvalue weighted by atomic mass is 79.9. The van der Waals surface area contributed by atoms with Crippen LogP contribution in [0.4, 0.5) is 0 Å². The molecule has 172 valence electrons. The van der Waals surface area contributed by atoms with Gasteiger partial charge < -0.3 is 18.9 Å². The minimum Gasteiger partial charge on any atom is -0.497 e. The molecule has 0 N–H and O–H groups in total. The number of benzene rings is 3. The Hall–Kier alpha value is -3.32. The number of hydrogen-bond donors (Lipinski definition) is 0. The Kier molecular flexibility index (Phi) is 8.11. The number of carbonyl (C=O) groups is 2. The number of aryl methyl sites for hydroxylation is 2. The molecule has 0 aliphatic carbocycles. The van der Waals surface area contributed by atoms with Gasteiger partial charge in [-0.15, -0.1) is 0 Å². The summed E-state index contributed by atoms with van der Waals surface area (Å²) in [5.74, 6) is 1.08. The largest absolute Gasteiger partial charge is 0.497 e. The molecule has 0 saturated heterocycles. The lowest BCUT2D eigenvalue weighted by atomic mass is 9.97. The van der Waals surface area contributed by atoms with Crippen molar-refractivity contribution in [2.75, 3.05) is 28.4 Å². The van der Waals surface area contributed by atoms with Gasteiger partial charge in [0.25, 0.3) is 0 Å². The van der Waals surface area contributed by atoms with Gasteiger partial charge >= 0.3 is 0 Å². The number of carbonyl (C=O) groups excluding carboxylic acids is 2. The Balaban J connectivity index is 1.83. The van der Waals surface area contributed by atoms with Gasteiger partial charge in [0, 0.05) is 27.7 Å². The number of ketones is 2. The van der Waals surface area contributed by atoms with Crippen molar-refractivity contribution in [3.63, 3.8) is 0 Å². The van der Waals surface area contributed by atoms with Crippen molar-refractivity contribution in [3.05, 3.63) is 81.3 Å². The molecule has 0 aliphatic heterocycles. The van der Waals surface area contributed by atoms with Crippen molar-refractivity contribution in [1.29, 1.82) is 0 Å². The van der Waals surface area contributed by atoms with Crippen LogP contribution >= 0.6 is 15.9 Å². The molecule has 0 saturated carbocycles. The van der Waals surface area contributed by atoms with Crippen LogP contribution in [0, 0.1) is 0 Å². The van der Waals surface area contributed by atoms with E-state index in [2.05, 4.69) is 15.9 Å². The quantitative estimate of drug-likeness (QED) is 0.270. The first-order chi connectivity index (χ1) is 15.9. The summed E-state index contributed by atoms with van der Waals surface area (Å²) in [4.78, 5) is 25.9. The molecule has 0 aliphatic rings. The molecule has 0 radical (unpaired) electrons. The fraction of sp³-hybridized carbons (Fsp3) is 0.231. The fourth-order valence-corrected chi connectivity index (χ4v) is 3.97. The fourth-order valence-electron chi connectivity index (χ4n) is 3.43. The Morgan fingerprint density at radius 3 is 1.42 bits per heavy atom. The summed E-state index contributed by atoms with van der Waals surface area (Å²) in [6.45, 7) is 0. The summed E-state index contributed by atoms with van der Waals surface area (Å²) in [5.41, 5.74) is 2.49. The topological polar surface area (TPSA) is 71.1 Å². The lowest BCUT2D eigenvalue weighted by molar-refractivity contribution is 0.0816. The number of halogens is 1. The Bertz CT molecular complexity index is 1130. The van der Waals surface area contributed by atoms with E-state index in [1.165, 1.54) is 26.4 Å². The summed E-state index contributed by atoms with van der Waals surface area (Å²) in [6.07, 6.45) is 1.37. The van der Waals surface area contributed by atoms with Gasteiger partial charge in [0.2, 0.25) is 11.6 Å². The van der Waals surface area contributed by atoms with Gasteiger partial charge in [-0.05, 0) is 66.4 Å². The van der Waals surface area contributed by atoms with Gasteiger partial charge in [-0.25, -0.2) is 0 Å². The smallest absolute Gasteiger partial charge is 0.233 e. The predicted octanol–water partition coefficient (Wildman–Crippen LogP) is 5.33. The number of Topliss-reactive ketones (excluding diaryl/α,β-unsaturated/α-hetero) is 2. The number of methoxy groups -OCH3 is 4. The monoisotopic (exact) mass is 512 g/mol. The van der Waals surface area contributed by atoms with E-state index >= 15 is 0 Å². The Labute approximate surface area is 201 Å². The lowest BCUT2D eigenvalue weighted by Crippen LogP contribution is -2.15. The van der Waals surface area contributed by atoms with Crippen molar-refractivity contribution in [2.45, 2.75) is 12.8 Å². The molecule has 6 nitrogen and oxygen atoms in total. The zero-order valence-electron chi connectivity index (χ0n) is 18.9. The highest BCUT2D eigenvalue weighted by Gasteiger charge is 2.21. The zero-order chi connectivity index (χ0) is 24.0. The lowest BCUT2D eigenvalue weighted by Gasteiger charge is -2.10. The average molecular weight is 513 g/mol.